The van der Waals surface area contributed by atoms with Gasteiger partial charge in [-0.2, -0.15) is 0 Å². The monoisotopic (exact) mass is 1080 g/mol. The van der Waals surface area contributed by atoms with Gasteiger partial charge < -0.3 is 38.6 Å². The van der Waals surface area contributed by atoms with Crippen molar-refractivity contribution >= 4 is 12.1 Å². The molecule has 4 aromatic rings. The van der Waals surface area contributed by atoms with E-state index in [2.05, 4.69) is 130 Å². The van der Waals surface area contributed by atoms with Crippen LogP contribution in [0.5, 0.6) is 23.0 Å². The Bertz CT molecular complexity index is 2960. The highest BCUT2D eigenvalue weighted by atomic mass is 16.7. The van der Waals surface area contributed by atoms with Crippen LogP contribution in [0.1, 0.15) is 128 Å². The van der Waals surface area contributed by atoms with Gasteiger partial charge in [0.25, 0.3) is 0 Å². The number of carbonyl (C=O) groups is 2. The number of fused-ring (bicyclic) bond motifs is 6. The van der Waals surface area contributed by atoms with Crippen LogP contribution in [0.25, 0.3) is 0 Å². The largest absolute Gasteiger partial charge is 0.497 e. The number of nitrogens with zero attached hydrogens (tertiary/aromatic N) is 5. The van der Waals surface area contributed by atoms with Gasteiger partial charge in [0.15, 0.2) is 6.29 Å². The first kappa shape index (κ1) is 56.2. The van der Waals surface area contributed by atoms with E-state index in [9.17, 15) is 9.59 Å². The van der Waals surface area contributed by atoms with Crippen molar-refractivity contribution in [1.29, 1.82) is 0 Å². The van der Waals surface area contributed by atoms with Crippen molar-refractivity contribution in [2.24, 2.45) is 0 Å². The van der Waals surface area contributed by atoms with Crippen molar-refractivity contribution in [3.63, 3.8) is 0 Å². The van der Waals surface area contributed by atoms with Gasteiger partial charge in [0, 0.05) is 97.9 Å². The lowest BCUT2D eigenvalue weighted by Crippen LogP contribution is -2.54. The van der Waals surface area contributed by atoms with Crippen molar-refractivity contribution in [2.45, 2.75) is 155 Å². The summed E-state index contributed by atoms with van der Waals surface area (Å²) in [5.74, 6) is 3.08. The number of likely N-dealkylation sites (tertiary alicyclic amines) is 2. The van der Waals surface area contributed by atoms with E-state index in [-0.39, 0.29) is 34.7 Å². The lowest BCUT2D eigenvalue weighted by Gasteiger charge is -2.45. The van der Waals surface area contributed by atoms with E-state index in [1.54, 1.807) is 28.4 Å². The van der Waals surface area contributed by atoms with Crippen LogP contribution in [0.2, 0.25) is 0 Å². The molecule has 1 unspecified atom stereocenters. The molecule has 7 aliphatic heterocycles. The summed E-state index contributed by atoms with van der Waals surface area (Å²) in [6.45, 7) is 25.9. The minimum atomic E-state index is -0.399. The molecule has 5 fully saturated rings. The average Bonchev–Trinajstić information content (AvgIpc) is 3.90. The molecular weight excluding hydrogens is 993 g/mol. The van der Waals surface area contributed by atoms with Gasteiger partial charge in [-0.05, 0) is 107 Å². The van der Waals surface area contributed by atoms with Crippen LogP contribution in [0.4, 0.5) is 9.59 Å². The van der Waals surface area contributed by atoms with Gasteiger partial charge in [-0.25, -0.2) is 9.59 Å². The normalized spacial score (nSPS) is 21.8. The van der Waals surface area contributed by atoms with E-state index >= 15 is 0 Å². The summed E-state index contributed by atoms with van der Waals surface area (Å²) in [6, 6.07) is 21.7. The number of ether oxygens (including phenoxy) is 6. The van der Waals surface area contributed by atoms with Crippen LogP contribution in [-0.2, 0) is 46.5 Å². The summed E-state index contributed by atoms with van der Waals surface area (Å²) in [5.41, 5.74) is 13.1. The van der Waals surface area contributed by atoms with Crippen LogP contribution in [0.15, 0.2) is 84.2 Å². The zero-order valence-electron chi connectivity index (χ0n) is 49.2. The van der Waals surface area contributed by atoms with Gasteiger partial charge in [-0.1, -0.05) is 98.5 Å². The smallest absolute Gasteiger partial charge is 0.325 e. The number of urea groups is 2. The molecule has 4 aromatic carbocycles. The number of methoxy groups -OCH3 is 4. The van der Waals surface area contributed by atoms with E-state index in [1.807, 2.05) is 28.0 Å². The number of hydrogen-bond acceptors (Lipinski definition) is 10. The van der Waals surface area contributed by atoms with Crippen LogP contribution in [0.3, 0.4) is 0 Å². The van der Waals surface area contributed by atoms with Crippen molar-refractivity contribution in [3.8, 4) is 23.0 Å². The predicted octanol–water partition coefficient (Wildman–Crippen LogP) is 11.4. The predicted molar refractivity (Wildman–Crippen MR) is 309 cm³/mol. The molecule has 7 aliphatic rings. The van der Waals surface area contributed by atoms with Gasteiger partial charge in [0.05, 0.1) is 59.2 Å². The second-order valence-corrected chi connectivity index (χ2v) is 24.6. The second-order valence-electron chi connectivity index (χ2n) is 24.6. The molecule has 5 saturated heterocycles. The Morgan fingerprint density at radius 1 is 0.595 bits per heavy atom. The fourth-order valence-electron chi connectivity index (χ4n) is 14.3. The number of piperidine rings is 2. The zero-order chi connectivity index (χ0) is 56.0. The Labute approximate surface area is 470 Å². The highest BCUT2D eigenvalue weighted by Crippen LogP contribution is 2.52. The fraction of sp³-hybridized carbons (Fsp3) is 0.538. The molecule has 424 valence electrons. The molecule has 4 amide bonds. The van der Waals surface area contributed by atoms with Crippen molar-refractivity contribution in [3.05, 3.63) is 140 Å². The molecule has 0 aliphatic carbocycles. The molecule has 14 nitrogen and oxygen atoms in total. The Kier molecular flexibility index (Phi) is 16.0. The minimum Gasteiger partial charge on any atom is -0.497 e. The number of aryl methyl sites for hydroxylation is 4. The van der Waals surface area contributed by atoms with Crippen LogP contribution >= 0.6 is 0 Å². The third-order valence-corrected chi connectivity index (χ3v) is 17.8. The Morgan fingerprint density at radius 3 is 1.57 bits per heavy atom. The number of allylic oxidation sites excluding steroid dienone is 2. The van der Waals surface area contributed by atoms with Crippen molar-refractivity contribution in [2.75, 3.05) is 74.4 Å². The molecule has 0 aromatic heterocycles. The van der Waals surface area contributed by atoms with E-state index in [4.69, 9.17) is 28.4 Å². The molecule has 1 N–H and O–H groups in total. The first-order valence-electron chi connectivity index (χ1n) is 28.8. The maximum absolute atomic E-state index is 14.5. The lowest BCUT2D eigenvalue weighted by molar-refractivity contribution is -0.164. The number of carbonyl (C=O) groups excluding carboxylic acids is 2. The molecule has 0 bridgehead atoms. The molecule has 14 heteroatoms. The number of hydrogen-bond donors (Lipinski definition) is 1. The standard InChI is InChI=1S/C36H49N3O5.C29H37N3O3/c1-25-17-26(2)19-27(18-25)23-37-12-10-36(11-13-37)31-22-35(3,4)33-28(20-29(41-5)21-30(33)42-6)24-38(31)34(40)39(36)14-16-44-32-9-7-8-15-43-32;1-19-11-20(2)13-21(12-19)17-31-9-7-29(8-10-31)25-16-28(3,4)26-22(18-32(25)27(33)30-29)14-23(34-5)15-24(26)35-6/h17-22,32H,7-16,23-24H2,1-6H3;11-16H,7-10,17-18H2,1-6H3,(H,30,33). The second kappa shape index (κ2) is 22.5. The molecular formula is C65H86N6O8. The number of amides is 4. The summed E-state index contributed by atoms with van der Waals surface area (Å²) in [5, 5.41) is 3.40. The van der Waals surface area contributed by atoms with Gasteiger partial charge in [-0.3, -0.25) is 19.6 Å². The van der Waals surface area contributed by atoms with Crippen LogP contribution in [-0.4, -0.2) is 128 Å². The van der Waals surface area contributed by atoms with Crippen molar-refractivity contribution in [1.82, 2.24) is 29.8 Å². The minimum absolute atomic E-state index is 0.00977. The number of rotatable bonds is 12. The SMILES string of the molecule is COc1cc2c(c(OC)c1)C(C)(C)C=C1N(C2)C(=O)N(CCOC2CCCCO2)C12CCN(Cc1cc(C)cc(C)c1)CC2.COc1cc2c(c(OC)c1)C(C)(C)C=C1N(C2)C(=O)NC12CCN(Cc1cc(C)cc(C)c1)CC2. The summed E-state index contributed by atoms with van der Waals surface area (Å²) in [4.78, 5) is 38.9. The Hall–Kier alpha value is -6.06. The summed E-state index contributed by atoms with van der Waals surface area (Å²) in [7, 11) is 6.74. The highest BCUT2D eigenvalue weighted by molar-refractivity contribution is 5.84. The molecule has 0 saturated carbocycles. The van der Waals surface area contributed by atoms with E-state index in [0.717, 1.165) is 147 Å². The molecule has 79 heavy (non-hydrogen) atoms. The zero-order valence-corrected chi connectivity index (χ0v) is 49.2. The first-order chi connectivity index (χ1) is 37.8. The third kappa shape index (κ3) is 11.2. The summed E-state index contributed by atoms with van der Waals surface area (Å²) < 4.78 is 34.9. The molecule has 1 atom stereocenters. The average molecular weight is 1080 g/mol. The quantitative estimate of drug-likeness (QED) is 0.147. The van der Waals surface area contributed by atoms with Gasteiger partial charge in [0.2, 0.25) is 0 Å². The van der Waals surface area contributed by atoms with E-state index < -0.39 is 5.54 Å². The first-order valence-corrected chi connectivity index (χ1v) is 28.8. The summed E-state index contributed by atoms with van der Waals surface area (Å²) in [6.07, 6.45) is 11.1. The van der Waals surface area contributed by atoms with E-state index in [0.29, 0.717) is 26.2 Å². The number of benzene rings is 4. The van der Waals surface area contributed by atoms with Crippen LogP contribution in [0, 0.1) is 27.7 Å². The summed E-state index contributed by atoms with van der Waals surface area (Å²) >= 11 is 0. The molecule has 7 heterocycles. The molecule has 2 spiro atoms. The maximum Gasteiger partial charge on any atom is 0.325 e. The lowest BCUT2D eigenvalue weighted by atomic mass is 9.77. The van der Waals surface area contributed by atoms with Gasteiger partial charge in [0.1, 0.15) is 23.0 Å². The molecule has 0 radical (unpaired) electrons. The Balaban J connectivity index is 0.000000183. The molecule has 11 rings (SSSR count). The fourth-order valence-corrected chi connectivity index (χ4v) is 14.3. The van der Waals surface area contributed by atoms with E-state index in [1.165, 1.54) is 33.4 Å². The highest BCUT2D eigenvalue weighted by Gasteiger charge is 2.56. The third-order valence-electron chi connectivity index (χ3n) is 17.8. The van der Waals surface area contributed by atoms with Crippen molar-refractivity contribution < 1.29 is 38.0 Å². The van der Waals surface area contributed by atoms with Crippen LogP contribution < -0.4 is 24.3 Å². The maximum atomic E-state index is 14.5. The Morgan fingerprint density at radius 2 is 1.09 bits per heavy atom. The van der Waals surface area contributed by atoms with Gasteiger partial charge >= 0.3 is 12.1 Å². The number of nitrogens with one attached hydrogen (secondary N) is 1. The van der Waals surface area contributed by atoms with Gasteiger partial charge in [-0.15, -0.1) is 0 Å². The topological polar surface area (TPSA) is 118 Å².